The first-order valence-corrected chi connectivity index (χ1v) is 15.2. The van der Waals surface area contributed by atoms with Gasteiger partial charge in [0.25, 0.3) is 0 Å². The van der Waals surface area contributed by atoms with Crippen LogP contribution in [0.5, 0.6) is 5.75 Å². The van der Waals surface area contributed by atoms with Gasteiger partial charge in [-0.3, -0.25) is 4.84 Å². The summed E-state index contributed by atoms with van der Waals surface area (Å²) in [7, 11) is 0. The third-order valence-electron chi connectivity index (χ3n) is 6.86. The van der Waals surface area contributed by atoms with Gasteiger partial charge in [0.05, 0.1) is 5.69 Å². The SMILES string of the molecule is CC(C)c1ccc(Cl)cc1N1CCSC1NC(=O)NOC(C)c1ccc(-c2ncn(-c3ccc(OC(F)(F)F)cc3)n2)cc1. The first-order chi connectivity index (χ1) is 21.0. The van der Waals surface area contributed by atoms with Gasteiger partial charge < -0.3 is 15.0 Å². The van der Waals surface area contributed by atoms with E-state index in [1.54, 1.807) is 11.8 Å². The van der Waals surface area contributed by atoms with E-state index in [4.69, 9.17) is 16.4 Å². The highest BCUT2D eigenvalue weighted by Crippen LogP contribution is 2.36. The van der Waals surface area contributed by atoms with Crippen LogP contribution in [-0.2, 0) is 4.84 Å². The maximum absolute atomic E-state index is 12.7. The Balaban J connectivity index is 1.15. The van der Waals surface area contributed by atoms with Gasteiger partial charge in [-0.15, -0.1) is 30.0 Å². The molecule has 14 heteroatoms. The lowest BCUT2D eigenvalue weighted by Gasteiger charge is -2.29. The summed E-state index contributed by atoms with van der Waals surface area (Å²) in [5.74, 6) is 1.26. The third kappa shape index (κ3) is 7.76. The molecule has 0 bridgehead atoms. The van der Waals surface area contributed by atoms with Crippen molar-refractivity contribution in [2.24, 2.45) is 0 Å². The Kier molecular flexibility index (Phi) is 9.56. The molecule has 2 atom stereocenters. The van der Waals surface area contributed by atoms with E-state index in [-0.39, 0.29) is 11.2 Å². The number of aromatic nitrogens is 3. The summed E-state index contributed by atoms with van der Waals surface area (Å²) in [4.78, 5) is 24.8. The molecule has 0 radical (unpaired) electrons. The molecule has 0 aliphatic carbocycles. The van der Waals surface area contributed by atoms with Crippen molar-refractivity contribution in [3.8, 4) is 22.8 Å². The molecule has 1 fully saturated rings. The molecule has 232 valence electrons. The lowest BCUT2D eigenvalue weighted by molar-refractivity contribution is -0.274. The normalized spacial score (nSPS) is 15.8. The second-order valence-electron chi connectivity index (χ2n) is 10.3. The number of nitrogens with zero attached hydrogens (tertiary/aromatic N) is 4. The van der Waals surface area contributed by atoms with Crippen molar-refractivity contribution < 1.29 is 27.5 Å². The smallest absolute Gasteiger partial charge is 0.406 e. The zero-order valence-corrected chi connectivity index (χ0v) is 25.6. The minimum absolute atomic E-state index is 0.275. The maximum Gasteiger partial charge on any atom is 0.573 e. The van der Waals surface area contributed by atoms with E-state index < -0.39 is 18.5 Å². The third-order valence-corrected chi connectivity index (χ3v) is 8.20. The molecule has 44 heavy (non-hydrogen) atoms. The number of urea groups is 1. The van der Waals surface area contributed by atoms with Gasteiger partial charge >= 0.3 is 12.4 Å². The predicted octanol–water partition coefficient (Wildman–Crippen LogP) is 7.44. The minimum atomic E-state index is -4.76. The van der Waals surface area contributed by atoms with Gasteiger partial charge in [0.2, 0.25) is 0 Å². The first-order valence-electron chi connectivity index (χ1n) is 13.7. The van der Waals surface area contributed by atoms with Crippen molar-refractivity contribution in [3.05, 3.63) is 89.2 Å². The lowest BCUT2D eigenvalue weighted by atomic mass is 10.0. The number of carbonyl (C=O) groups excluding carboxylic acids is 1. The molecular weight excluding hydrogens is 617 g/mol. The van der Waals surface area contributed by atoms with E-state index >= 15 is 0 Å². The number of thioether (sulfide) groups is 1. The molecule has 0 spiro atoms. The Morgan fingerprint density at radius 1 is 1.07 bits per heavy atom. The fourth-order valence-corrected chi connectivity index (χ4v) is 5.95. The van der Waals surface area contributed by atoms with Crippen LogP contribution in [0.1, 0.15) is 43.9 Å². The second-order valence-corrected chi connectivity index (χ2v) is 11.9. The van der Waals surface area contributed by atoms with Crippen molar-refractivity contribution in [2.45, 2.75) is 44.7 Å². The van der Waals surface area contributed by atoms with Crippen molar-refractivity contribution in [2.75, 3.05) is 17.2 Å². The number of nitrogens with one attached hydrogen (secondary N) is 2. The lowest BCUT2D eigenvalue weighted by Crippen LogP contribution is -2.47. The van der Waals surface area contributed by atoms with Crippen LogP contribution in [0.2, 0.25) is 5.02 Å². The standard InChI is InChI=1S/C30H30ClF3N6O3S/c1-18(2)25-13-8-22(31)16-26(25)39-14-15-44-29(39)36-28(41)38-43-19(3)20-4-6-21(7-5-20)27-35-17-40(37-27)23-9-11-24(12-10-23)42-30(32,33)34/h4-13,16-19,29H,14-15H2,1-3H3,(H2,36,38,41). The number of amides is 2. The number of rotatable bonds is 9. The van der Waals surface area contributed by atoms with E-state index in [0.717, 1.165) is 34.7 Å². The molecule has 9 nitrogen and oxygen atoms in total. The number of carbonyl (C=O) groups is 1. The molecule has 3 aromatic carbocycles. The van der Waals surface area contributed by atoms with E-state index in [0.29, 0.717) is 22.5 Å². The highest BCUT2D eigenvalue weighted by atomic mass is 35.5. The van der Waals surface area contributed by atoms with Crippen molar-refractivity contribution in [1.82, 2.24) is 25.6 Å². The number of halogens is 4. The number of hydrogen-bond donors (Lipinski definition) is 2. The summed E-state index contributed by atoms with van der Waals surface area (Å²) in [5.41, 5.74) is 6.44. The van der Waals surface area contributed by atoms with Gasteiger partial charge in [0.1, 0.15) is 18.2 Å². The van der Waals surface area contributed by atoms with E-state index in [1.165, 1.54) is 35.3 Å². The number of anilines is 1. The van der Waals surface area contributed by atoms with Crippen LogP contribution in [0.3, 0.4) is 0 Å². The molecule has 1 saturated heterocycles. The van der Waals surface area contributed by atoms with Crippen LogP contribution in [0.4, 0.5) is 23.7 Å². The Morgan fingerprint density at radius 2 is 1.80 bits per heavy atom. The van der Waals surface area contributed by atoms with Gasteiger partial charge in [0, 0.05) is 28.6 Å². The number of hydrogen-bond acceptors (Lipinski definition) is 7. The molecule has 1 aliphatic heterocycles. The second kappa shape index (κ2) is 13.4. The van der Waals surface area contributed by atoms with Crippen molar-refractivity contribution in [3.63, 3.8) is 0 Å². The zero-order valence-electron chi connectivity index (χ0n) is 24.0. The molecule has 2 amide bonds. The van der Waals surface area contributed by atoms with Gasteiger partial charge in [-0.2, -0.15) is 0 Å². The Hall–Kier alpha value is -3.94. The van der Waals surface area contributed by atoms with E-state index in [9.17, 15) is 18.0 Å². The predicted molar refractivity (Wildman–Crippen MR) is 164 cm³/mol. The topological polar surface area (TPSA) is 93.5 Å². The summed E-state index contributed by atoms with van der Waals surface area (Å²) in [6, 6.07) is 18.0. The molecule has 1 aromatic heterocycles. The van der Waals surface area contributed by atoms with E-state index in [1.807, 2.05) is 49.4 Å². The van der Waals surface area contributed by atoms with Crippen LogP contribution in [0, 0.1) is 0 Å². The molecule has 1 aliphatic rings. The Morgan fingerprint density at radius 3 is 2.48 bits per heavy atom. The highest BCUT2D eigenvalue weighted by molar-refractivity contribution is 8.00. The fraction of sp³-hybridized carbons (Fsp3) is 0.300. The fourth-order valence-electron chi connectivity index (χ4n) is 4.67. The summed E-state index contributed by atoms with van der Waals surface area (Å²) in [6.45, 7) is 6.83. The minimum Gasteiger partial charge on any atom is -0.406 e. The molecule has 5 rings (SSSR count). The van der Waals surface area contributed by atoms with Gasteiger partial charge in [-0.25, -0.2) is 19.9 Å². The van der Waals surface area contributed by atoms with Crippen LogP contribution < -0.4 is 20.4 Å². The number of benzene rings is 3. The summed E-state index contributed by atoms with van der Waals surface area (Å²) in [5, 5.41) is 8.04. The quantitative estimate of drug-likeness (QED) is 0.183. The largest absolute Gasteiger partial charge is 0.573 e. The average Bonchev–Trinajstić information content (AvgIpc) is 3.66. The molecular formula is C30H30ClF3N6O3S. The Labute approximate surface area is 261 Å². The van der Waals surface area contributed by atoms with Crippen LogP contribution in [0.25, 0.3) is 17.1 Å². The van der Waals surface area contributed by atoms with Crippen LogP contribution >= 0.6 is 23.4 Å². The van der Waals surface area contributed by atoms with Crippen molar-refractivity contribution in [1.29, 1.82) is 0 Å². The van der Waals surface area contributed by atoms with Crippen molar-refractivity contribution >= 4 is 35.1 Å². The summed E-state index contributed by atoms with van der Waals surface area (Å²) < 4.78 is 42.6. The maximum atomic E-state index is 12.7. The van der Waals surface area contributed by atoms with Gasteiger partial charge in [-0.1, -0.05) is 55.8 Å². The number of hydroxylamine groups is 1. The molecule has 4 aromatic rings. The molecule has 0 saturated carbocycles. The summed E-state index contributed by atoms with van der Waals surface area (Å²) in [6.07, 6.45) is -3.74. The molecule has 2 heterocycles. The molecule has 2 unspecified atom stereocenters. The number of alkyl halides is 3. The van der Waals surface area contributed by atoms with Crippen LogP contribution in [0.15, 0.2) is 73.1 Å². The zero-order chi connectivity index (χ0) is 31.4. The Bertz CT molecular complexity index is 1580. The number of ether oxygens (including phenoxy) is 1. The first kappa shape index (κ1) is 31.5. The highest BCUT2D eigenvalue weighted by Gasteiger charge is 2.31. The molecule has 2 N–H and O–H groups in total. The average molecular weight is 647 g/mol. The summed E-state index contributed by atoms with van der Waals surface area (Å²) >= 11 is 7.92. The van der Waals surface area contributed by atoms with E-state index in [2.05, 4.69) is 44.4 Å². The van der Waals surface area contributed by atoms with Crippen LogP contribution in [-0.4, -0.2) is 45.0 Å². The monoisotopic (exact) mass is 646 g/mol. The van der Waals surface area contributed by atoms with Gasteiger partial charge in [-0.05, 0) is 60.4 Å². The van der Waals surface area contributed by atoms with Gasteiger partial charge in [0.15, 0.2) is 11.3 Å².